The molecular weight excluding hydrogens is 296 g/mol. The van der Waals surface area contributed by atoms with Gasteiger partial charge in [-0.3, -0.25) is 4.79 Å². The van der Waals surface area contributed by atoms with Crippen LogP contribution in [0.4, 0.5) is 0 Å². The molecule has 1 atom stereocenters. The Morgan fingerprint density at radius 1 is 1.21 bits per heavy atom. The normalized spacial score (nSPS) is 18.6. The SMILES string of the molecule is CCCCCCC(C)(C)c1ccc(C2=CC(=O)CCC2C)c(O)c1. The van der Waals surface area contributed by atoms with Crippen LogP contribution in [0.15, 0.2) is 24.3 Å². The van der Waals surface area contributed by atoms with E-state index in [2.05, 4.69) is 33.8 Å². The van der Waals surface area contributed by atoms with E-state index >= 15 is 0 Å². The summed E-state index contributed by atoms with van der Waals surface area (Å²) in [4.78, 5) is 11.7. The second-order valence-corrected chi connectivity index (χ2v) is 7.93. The minimum Gasteiger partial charge on any atom is -0.507 e. The first-order valence-electron chi connectivity index (χ1n) is 9.43. The number of phenolic OH excluding ortho intramolecular Hbond substituents is 1. The molecule has 0 bridgehead atoms. The van der Waals surface area contributed by atoms with Gasteiger partial charge < -0.3 is 5.11 Å². The van der Waals surface area contributed by atoms with Crippen molar-refractivity contribution in [3.8, 4) is 5.75 Å². The van der Waals surface area contributed by atoms with Crippen LogP contribution in [0.3, 0.4) is 0 Å². The van der Waals surface area contributed by atoms with Gasteiger partial charge in [0.05, 0.1) is 0 Å². The molecule has 1 N–H and O–H groups in total. The van der Waals surface area contributed by atoms with Gasteiger partial charge in [-0.2, -0.15) is 0 Å². The van der Waals surface area contributed by atoms with Crippen molar-refractivity contribution in [3.63, 3.8) is 0 Å². The van der Waals surface area contributed by atoms with Crippen molar-refractivity contribution in [1.29, 1.82) is 0 Å². The van der Waals surface area contributed by atoms with Gasteiger partial charge in [0.2, 0.25) is 0 Å². The molecule has 132 valence electrons. The highest BCUT2D eigenvalue weighted by Gasteiger charge is 2.24. The lowest BCUT2D eigenvalue weighted by Crippen LogP contribution is -2.17. The zero-order valence-corrected chi connectivity index (χ0v) is 15.7. The molecule has 1 aromatic rings. The predicted molar refractivity (Wildman–Crippen MR) is 101 cm³/mol. The number of benzene rings is 1. The lowest BCUT2D eigenvalue weighted by atomic mass is 9.78. The molecule has 1 aliphatic carbocycles. The summed E-state index contributed by atoms with van der Waals surface area (Å²) in [5.74, 6) is 0.797. The van der Waals surface area contributed by atoms with Crippen LogP contribution in [0, 0.1) is 5.92 Å². The molecule has 0 saturated heterocycles. The summed E-state index contributed by atoms with van der Waals surface area (Å²) in [5.41, 5.74) is 3.04. The monoisotopic (exact) mass is 328 g/mol. The largest absolute Gasteiger partial charge is 0.507 e. The third-order valence-electron chi connectivity index (χ3n) is 5.42. The fourth-order valence-corrected chi connectivity index (χ4v) is 3.58. The molecule has 1 unspecified atom stereocenters. The zero-order chi connectivity index (χ0) is 17.7. The van der Waals surface area contributed by atoms with E-state index < -0.39 is 0 Å². The van der Waals surface area contributed by atoms with Gasteiger partial charge in [0.1, 0.15) is 5.75 Å². The lowest BCUT2D eigenvalue weighted by molar-refractivity contribution is -0.115. The minimum atomic E-state index is 0.0616. The van der Waals surface area contributed by atoms with Crippen LogP contribution in [0.2, 0.25) is 0 Å². The van der Waals surface area contributed by atoms with Crippen molar-refractivity contribution in [3.05, 3.63) is 35.4 Å². The van der Waals surface area contributed by atoms with Crippen LogP contribution >= 0.6 is 0 Å². The van der Waals surface area contributed by atoms with Gasteiger partial charge in [-0.05, 0) is 47.5 Å². The Morgan fingerprint density at radius 3 is 2.62 bits per heavy atom. The van der Waals surface area contributed by atoms with Crippen LogP contribution in [-0.2, 0) is 10.2 Å². The van der Waals surface area contributed by atoms with Crippen LogP contribution in [0.25, 0.3) is 5.57 Å². The first-order valence-corrected chi connectivity index (χ1v) is 9.43. The number of unbranched alkanes of at least 4 members (excludes halogenated alkanes) is 3. The van der Waals surface area contributed by atoms with Gasteiger partial charge in [0.25, 0.3) is 0 Å². The van der Waals surface area contributed by atoms with E-state index in [0.29, 0.717) is 18.1 Å². The summed E-state index contributed by atoms with van der Waals surface area (Å²) in [7, 11) is 0. The van der Waals surface area contributed by atoms with Crippen molar-refractivity contribution in [2.75, 3.05) is 0 Å². The Hall–Kier alpha value is -1.57. The minimum absolute atomic E-state index is 0.0616. The number of allylic oxidation sites excluding steroid dienone is 2. The number of phenols is 1. The van der Waals surface area contributed by atoms with Gasteiger partial charge in [-0.25, -0.2) is 0 Å². The predicted octanol–water partition coefficient (Wildman–Crippen LogP) is 6.02. The van der Waals surface area contributed by atoms with Crippen molar-refractivity contribution < 1.29 is 9.90 Å². The Morgan fingerprint density at radius 2 is 1.96 bits per heavy atom. The van der Waals surface area contributed by atoms with Crippen LogP contribution in [0.1, 0.15) is 83.8 Å². The molecule has 24 heavy (non-hydrogen) atoms. The molecule has 0 saturated carbocycles. The van der Waals surface area contributed by atoms with Crippen LogP contribution < -0.4 is 0 Å². The number of rotatable bonds is 7. The molecule has 1 aliphatic rings. The van der Waals surface area contributed by atoms with E-state index in [0.717, 1.165) is 24.0 Å². The van der Waals surface area contributed by atoms with Gasteiger partial charge in [-0.15, -0.1) is 0 Å². The maximum Gasteiger partial charge on any atom is 0.156 e. The number of hydrogen-bond donors (Lipinski definition) is 1. The summed E-state index contributed by atoms with van der Waals surface area (Å²) in [6.45, 7) is 8.86. The van der Waals surface area contributed by atoms with E-state index in [-0.39, 0.29) is 11.2 Å². The second kappa shape index (κ2) is 8.00. The van der Waals surface area contributed by atoms with E-state index in [1.807, 2.05) is 12.1 Å². The highest BCUT2D eigenvalue weighted by atomic mass is 16.3. The molecule has 2 heteroatoms. The zero-order valence-electron chi connectivity index (χ0n) is 15.7. The fraction of sp³-hybridized carbons (Fsp3) is 0.591. The van der Waals surface area contributed by atoms with Crippen LogP contribution in [-0.4, -0.2) is 10.9 Å². The average Bonchev–Trinajstić information content (AvgIpc) is 2.54. The third kappa shape index (κ3) is 4.49. The molecule has 2 nitrogen and oxygen atoms in total. The Kier molecular flexibility index (Phi) is 6.26. The molecule has 0 radical (unpaired) electrons. The van der Waals surface area contributed by atoms with Gasteiger partial charge in [0.15, 0.2) is 5.78 Å². The quantitative estimate of drug-likeness (QED) is 0.621. The molecule has 0 spiro atoms. The van der Waals surface area contributed by atoms with E-state index in [1.165, 1.54) is 31.2 Å². The molecular formula is C22H32O2. The van der Waals surface area contributed by atoms with Crippen molar-refractivity contribution in [1.82, 2.24) is 0 Å². The first-order chi connectivity index (χ1) is 11.3. The van der Waals surface area contributed by atoms with Crippen molar-refractivity contribution >= 4 is 11.4 Å². The fourth-order valence-electron chi connectivity index (χ4n) is 3.58. The molecule has 0 heterocycles. The topological polar surface area (TPSA) is 37.3 Å². The molecule has 0 aromatic heterocycles. The van der Waals surface area contributed by atoms with E-state index in [1.54, 1.807) is 6.08 Å². The Balaban J connectivity index is 2.18. The van der Waals surface area contributed by atoms with Crippen molar-refractivity contribution in [2.45, 2.75) is 78.1 Å². The molecule has 1 aromatic carbocycles. The van der Waals surface area contributed by atoms with Gasteiger partial charge in [-0.1, -0.05) is 65.5 Å². The van der Waals surface area contributed by atoms with Crippen LogP contribution in [0.5, 0.6) is 5.75 Å². The first kappa shape index (κ1) is 18.8. The maximum absolute atomic E-state index is 11.7. The Bertz CT molecular complexity index is 610. The second-order valence-electron chi connectivity index (χ2n) is 7.93. The average molecular weight is 328 g/mol. The smallest absolute Gasteiger partial charge is 0.156 e. The van der Waals surface area contributed by atoms with Gasteiger partial charge >= 0.3 is 0 Å². The van der Waals surface area contributed by atoms with Gasteiger partial charge in [0, 0.05) is 12.0 Å². The number of ketones is 1. The number of aromatic hydroxyl groups is 1. The standard InChI is InChI=1S/C22H32O2/c1-5-6-7-8-13-22(3,4)17-10-12-19(21(24)14-17)20-15-18(23)11-9-16(20)2/h10,12,14-16,24H,5-9,11,13H2,1-4H3. The number of hydrogen-bond acceptors (Lipinski definition) is 2. The summed E-state index contributed by atoms with van der Waals surface area (Å²) in [6, 6.07) is 6.03. The van der Waals surface area contributed by atoms with Crippen molar-refractivity contribution in [2.24, 2.45) is 5.92 Å². The molecule has 0 fully saturated rings. The summed E-state index contributed by atoms with van der Waals surface area (Å²) in [6.07, 6.45) is 9.38. The maximum atomic E-state index is 11.7. The highest BCUT2D eigenvalue weighted by Crippen LogP contribution is 2.38. The molecule has 0 amide bonds. The van der Waals surface area contributed by atoms with E-state index in [4.69, 9.17) is 0 Å². The third-order valence-corrected chi connectivity index (χ3v) is 5.42. The Labute approximate surface area is 147 Å². The highest BCUT2D eigenvalue weighted by molar-refractivity contribution is 5.99. The number of carbonyl (C=O) groups is 1. The van der Waals surface area contributed by atoms with E-state index in [9.17, 15) is 9.90 Å². The summed E-state index contributed by atoms with van der Waals surface area (Å²) < 4.78 is 0. The lowest BCUT2D eigenvalue weighted by Gasteiger charge is -2.27. The summed E-state index contributed by atoms with van der Waals surface area (Å²) >= 11 is 0. The number of carbonyl (C=O) groups excluding carboxylic acids is 1. The molecule has 0 aliphatic heterocycles. The summed E-state index contributed by atoms with van der Waals surface area (Å²) in [5, 5.41) is 10.6. The molecule has 2 rings (SSSR count).